The van der Waals surface area contributed by atoms with Gasteiger partial charge in [0.15, 0.2) is 0 Å². The standard InChI is InChI=1S/C14H24N2O/c1-12-7-5-6-10-16(12)14(17)15-11-13-8-3-2-4-9-13/h11-12H,2-10H2,1H3,(H,15,17). The minimum Gasteiger partial charge on any atom is -0.322 e. The molecule has 2 aliphatic rings. The van der Waals surface area contributed by atoms with Crippen molar-refractivity contribution in [2.24, 2.45) is 0 Å². The molecule has 1 unspecified atom stereocenters. The van der Waals surface area contributed by atoms with Crippen LogP contribution in [0.25, 0.3) is 0 Å². The summed E-state index contributed by atoms with van der Waals surface area (Å²) in [6, 6.07) is 0.490. The summed E-state index contributed by atoms with van der Waals surface area (Å²) in [4.78, 5) is 14.0. The highest BCUT2D eigenvalue weighted by molar-refractivity contribution is 5.75. The molecule has 2 amide bonds. The molecule has 3 nitrogen and oxygen atoms in total. The Hall–Kier alpha value is -0.990. The maximum atomic E-state index is 12.0. The molecule has 1 heterocycles. The van der Waals surface area contributed by atoms with E-state index in [2.05, 4.69) is 12.2 Å². The first-order valence-electron chi connectivity index (χ1n) is 7.02. The molecule has 3 heteroatoms. The van der Waals surface area contributed by atoms with Gasteiger partial charge in [-0.1, -0.05) is 12.0 Å². The summed E-state index contributed by atoms with van der Waals surface area (Å²) in [7, 11) is 0. The van der Waals surface area contributed by atoms with Gasteiger partial charge in [-0.15, -0.1) is 0 Å². The average molecular weight is 236 g/mol. The van der Waals surface area contributed by atoms with Crippen LogP contribution in [0, 0.1) is 0 Å². The van der Waals surface area contributed by atoms with E-state index in [9.17, 15) is 4.79 Å². The number of hydrogen-bond donors (Lipinski definition) is 1. The SMILES string of the molecule is CC1CCCCN1C(=O)NC=C1CCCCC1. The fourth-order valence-corrected chi connectivity index (χ4v) is 2.80. The molecular formula is C14H24N2O. The first kappa shape index (κ1) is 12.5. The predicted octanol–water partition coefficient (Wildman–Crippen LogP) is 3.42. The lowest BCUT2D eigenvalue weighted by atomic mass is 9.96. The topological polar surface area (TPSA) is 32.3 Å². The molecule has 17 heavy (non-hydrogen) atoms. The summed E-state index contributed by atoms with van der Waals surface area (Å²) in [5.74, 6) is 0. The highest BCUT2D eigenvalue weighted by Crippen LogP contribution is 2.22. The number of allylic oxidation sites excluding steroid dienone is 1. The number of carbonyl (C=O) groups is 1. The van der Waals surface area contributed by atoms with Crippen LogP contribution in [0.1, 0.15) is 58.3 Å². The van der Waals surface area contributed by atoms with Gasteiger partial charge in [0.25, 0.3) is 0 Å². The van der Waals surface area contributed by atoms with E-state index in [-0.39, 0.29) is 6.03 Å². The quantitative estimate of drug-likeness (QED) is 0.743. The number of rotatable bonds is 1. The van der Waals surface area contributed by atoms with Gasteiger partial charge in [-0.2, -0.15) is 0 Å². The number of amides is 2. The number of likely N-dealkylation sites (tertiary alicyclic amines) is 1. The predicted molar refractivity (Wildman–Crippen MR) is 69.7 cm³/mol. The van der Waals surface area contributed by atoms with Crippen LogP contribution in [0.2, 0.25) is 0 Å². The maximum Gasteiger partial charge on any atom is 0.321 e. The molecule has 0 aromatic carbocycles. The third-order valence-electron chi connectivity index (χ3n) is 3.96. The van der Waals surface area contributed by atoms with Crippen molar-refractivity contribution in [1.29, 1.82) is 0 Å². The monoisotopic (exact) mass is 236 g/mol. The number of carbonyl (C=O) groups excluding carboxylic acids is 1. The van der Waals surface area contributed by atoms with Crippen molar-refractivity contribution in [3.05, 3.63) is 11.8 Å². The summed E-state index contributed by atoms with van der Waals surface area (Å²) < 4.78 is 0. The second-order valence-electron chi connectivity index (χ2n) is 5.35. The van der Waals surface area contributed by atoms with Gasteiger partial charge in [-0.3, -0.25) is 0 Å². The first-order chi connectivity index (χ1) is 8.27. The molecule has 1 N–H and O–H groups in total. The number of piperidine rings is 1. The second-order valence-corrected chi connectivity index (χ2v) is 5.35. The summed E-state index contributed by atoms with van der Waals surface area (Å²) in [6.07, 6.45) is 11.7. The Morgan fingerprint density at radius 2 is 2.00 bits per heavy atom. The Balaban J connectivity index is 1.83. The lowest BCUT2D eigenvalue weighted by Crippen LogP contribution is -2.46. The second kappa shape index (κ2) is 6.08. The zero-order chi connectivity index (χ0) is 12.1. The van der Waals surface area contributed by atoms with Crippen molar-refractivity contribution in [1.82, 2.24) is 10.2 Å². The van der Waals surface area contributed by atoms with Crippen LogP contribution in [0.3, 0.4) is 0 Å². The van der Waals surface area contributed by atoms with Gasteiger partial charge < -0.3 is 10.2 Å². The summed E-state index contributed by atoms with van der Waals surface area (Å²) in [5, 5.41) is 2.98. The van der Waals surface area contributed by atoms with Crippen LogP contribution in [-0.2, 0) is 0 Å². The fraction of sp³-hybridized carbons (Fsp3) is 0.786. The molecule has 0 aromatic heterocycles. The molecule has 0 bridgehead atoms. The molecule has 0 radical (unpaired) electrons. The summed E-state index contributed by atoms with van der Waals surface area (Å²) >= 11 is 0. The van der Waals surface area contributed by atoms with E-state index in [0.717, 1.165) is 32.2 Å². The van der Waals surface area contributed by atoms with Crippen molar-refractivity contribution in [3.8, 4) is 0 Å². The summed E-state index contributed by atoms with van der Waals surface area (Å²) in [5.41, 5.74) is 1.41. The zero-order valence-corrected chi connectivity index (χ0v) is 10.9. The van der Waals surface area contributed by atoms with Gasteiger partial charge in [0.2, 0.25) is 0 Å². The average Bonchev–Trinajstić information content (AvgIpc) is 2.38. The van der Waals surface area contributed by atoms with E-state index in [4.69, 9.17) is 0 Å². The normalized spacial score (nSPS) is 25.6. The van der Waals surface area contributed by atoms with Crippen LogP contribution in [0.4, 0.5) is 4.79 Å². The van der Waals surface area contributed by atoms with E-state index in [1.165, 1.54) is 31.3 Å². The molecule has 96 valence electrons. The van der Waals surface area contributed by atoms with Crippen LogP contribution in [0.15, 0.2) is 11.8 Å². The highest BCUT2D eigenvalue weighted by Gasteiger charge is 2.22. The largest absolute Gasteiger partial charge is 0.322 e. The number of nitrogens with one attached hydrogen (secondary N) is 1. The van der Waals surface area contributed by atoms with Crippen LogP contribution in [0.5, 0.6) is 0 Å². The Kier molecular flexibility index (Phi) is 4.46. The first-order valence-corrected chi connectivity index (χ1v) is 7.02. The highest BCUT2D eigenvalue weighted by atomic mass is 16.2. The van der Waals surface area contributed by atoms with Gasteiger partial charge in [0.1, 0.15) is 0 Å². The number of nitrogens with zero attached hydrogens (tertiary/aromatic N) is 1. The van der Waals surface area contributed by atoms with Gasteiger partial charge >= 0.3 is 6.03 Å². The third kappa shape index (κ3) is 3.48. The van der Waals surface area contributed by atoms with E-state index in [0.29, 0.717) is 6.04 Å². The molecule has 2 rings (SSSR count). The molecule has 2 fully saturated rings. The molecule has 1 saturated heterocycles. The van der Waals surface area contributed by atoms with Crippen molar-refractivity contribution < 1.29 is 4.79 Å². The Morgan fingerprint density at radius 1 is 1.24 bits per heavy atom. The lowest BCUT2D eigenvalue weighted by Gasteiger charge is -2.33. The maximum absolute atomic E-state index is 12.0. The van der Waals surface area contributed by atoms with Gasteiger partial charge in [-0.25, -0.2) is 4.79 Å². The van der Waals surface area contributed by atoms with Crippen LogP contribution in [-0.4, -0.2) is 23.5 Å². The minimum atomic E-state index is 0.0928. The molecule has 0 aromatic rings. The zero-order valence-electron chi connectivity index (χ0n) is 10.9. The molecule has 0 spiro atoms. The van der Waals surface area contributed by atoms with Crippen molar-refractivity contribution in [2.75, 3.05) is 6.54 Å². The van der Waals surface area contributed by atoms with Gasteiger partial charge in [0, 0.05) is 18.8 Å². The van der Waals surface area contributed by atoms with E-state index in [1.807, 2.05) is 11.1 Å². The Bertz CT molecular complexity index is 291. The fourth-order valence-electron chi connectivity index (χ4n) is 2.80. The molecule has 1 atom stereocenters. The number of urea groups is 1. The van der Waals surface area contributed by atoms with Crippen molar-refractivity contribution in [2.45, 2.75) is 64.3 Å². The van der Waals surface area contributed by atoms with Crippen molar-refractivity contribution in [3.63, 3.8) is 0 Å². The Morgan fingerprint density at radius 3 is 2.71 bits per heavy atom. The minimum absolute atomic E-state index is 0.0928. The molecule has 1 aliphatic heterocycles. The van der Waals surface area contributed by atoms with Gasteiger partial charge in [0.05, 0.1) is 0 Å². The molecule has 1 saturated carbocycles. The van der Waals surface area contributed by atoms with E-state index in [1.54, 1.807) is 0 Å². The van der Waals surface area contributed by atoms with Crippen molar-refractivity contribution >= 4 is 6.03 Å². The third-order valence-corrected chi connectivity index (χ3v) is 3.96. The summed E-state index contributed by atoms with van der Waals surface area (Å²) in [6.45, 7) is 3.06. The van der Waals surface area contributed by atoms with Gasteiger partial charge in [-0.05, 0) is 51.9 Å². The molecule has 1 aliphatic carbocycles. The van der Waals surface area contributed by atoms with Crippen LogP contribution >= 0.6 is 0 Å². The van der Waals surface area contributed by atoms with Crippen LogP contribution < -0.4 is 5.32 Å². The lowest BCUT2D eigenvalue weighted by molar-refractivity contribution is 0.161. The number of hydrogen-bond acceptors (Lipinski definition) is 1. The smallest absolute Gasteiger partial charge is 0.321 e. The van der Waals surface area contributed by atoms with E-state index >= 15 is 0 Å². The van der Waals surface area contributed by atoms with E-state index < -0.39 is 0 Å². The molecular weight excluding hydrogens is 212 g/mol. The Labute approximate surface area is 104 Å².